The number of aromatic nitrogens is 1. The van der Waals surface area contributed by atoms with Crippen LogP contribution in [-0.4, -0.2) is 35.2 Å². The number of anilines is 1. The van der Waals surface area contributed by atoms with Crippen LogP contribution in [0.5, 0.6) is 23.0 Å². The zero-order chi connectivity index (χ0) is 21.0. The van der Waals surface area contributed by atoms with Crippen molar-refractivity contribution in [1.29, 1.82) is 0 Å². The normalized spacial score (nSPS) is 17.5. The summed E-state index contributed by atoms with van der Waals surface area (Å²) in [5.41, 5.74) is 1.79. The van der Waals surface area contributed by atoms with E-state index in [1.165, 1.54) is 0 Å². The predicted molar refractivity (Wildman–Crippen MR) is 115 cm³/mol. The van der Waals surface area contributed by atoms with Crippen molar-refractivity contribution in [1.82, 2.24) is 9.88 Å². The van der Waals surface area contributed by atoms with Crippen molar-refractivity contribution in [3.63, 3.8) is 0 Å². The Hall–Kier alpha value is -3.58. The number of hydrogen-bond acceptors (Lipinski definition) is 6. The van der Waals surface area contributed by atoms with Crippen molar-refractivity contribution in [2.24, 2.45) is 0 Å². The molecular formula is C24H23N3O4. The molecule has 2 aromatic carbocycles. The van der Waals surface area contributed by atoms with Crippen molar-refractivity contribution in [2.45, 2.75) is 25.4 Å². The van der Waals surface area contributed by atoms with Crippen molar-refractivity contribution < 1.29 is 19.0 Å². The Morgan fingerprint density at radius 3 is 2.84 bits per heavy atom. The number of hydrogen-bond donors (Lipinski definition) is 1. The molecule has 3 heterocycles. The number of amides is 1. The molecule has 5 rings (SSSR count). The van der Waals surface area contributed by atoms with Crippen molar-refractivity contribution in [3.8, 4) is 23.0 Å². The fourth-order valence-corrected chi connectivity index (χ4v) is 4.02. The maximum absolute atomic E-state index is 13.0. The largest absolute Gasteiger partial charge is 0.456 e. The number of pyridine rings is 1. The third kappa shape index (κ3) is 4.32. The maximum atomic E-state index is 13.0. The molecule has 3 aromatic rings. The van der Waals surface area contributed by atoms with Crippen molar-refractivity contribution in [2.75, 3.05) is 18.7 Å². The number of carbonyl (C=O) groups is 1. The molecule has 2 aliphatic rings. The van der Waals surface area contributed by atoms with Crippen LogP contribution in [0.2, 0.25) is 0 Å². The van der Waals surface area contributed by atoms with Gasteiger partial charge in [0.1, 0.15) is 11.5 Å². The Bertz CT molecular complexity index is 1060. The maximum Gasteiger partial charge on any atom is 0.241 e. The Morgan fingerprint density at radius 2 is 2.00 bits per heavy atom. The molecule has 1 atom stereocenters. The van der Waals surface area contributed by atoms with E-state index < -0.39 is 0 Å². The highest BCUT2D eigenvalue weighted by Gasteiger charge is 2.32. The third-order valence-corrected chi connectivity index (χ3v) is 5.51. The molecule has 1 N–H and O–H groups in total. The van der Waals surface area contributed by atoms with Gasteiger partial charge in [-0.1, -0.05) is 12.1 Å². The molecule has 2 aliphatic heterocycles. The first kappa shape index (κ1) is 19.4. The summed E-state index contributed by atoms with van der Waals surface area (Å²) in [7, 11) is 0. The Labute approximate surface area is 180 Å². The van der Waals surface area contributed by atoms with Crippen molar-refractivity contribution >= 4 is 11.6 Å². The first-order valence-electron chi connectivity index (χ1n) is 10.4. The molecule has 0 saturated carbocycles. The summed E-state index contributed by atoms with van der Waals surface area (Å²) in [6, 6.07) is 16.7. The van der Waals surface area contributed by atoms with Crippen LogP contribution in [0, 0.1) is 0 Å². The number of benzene rings is 2. The minimum absolute atomic E-state index is 0.00294. The van der Waals surface area contributed by atoms with Gasteiger partial charge in [-0.15, -0.1) is 0 Å². The van der Waals surface area contributed by atoms with Gasteiger partial charge in [-0.3, -0.25) is 14.7 Å². The molecule has 7 nitrogen and oxygen atoms in total. The van der Waals surface area contributed by atoms with Gasteiger partial charge < -0.3 is 19.5 Å². The van der Waals surface area contributed by atoms with Gasteiger partial charge in [-0.05, 0) is 61.9 Å². The summed E-state index contributed by atoms with van der Waals surface area (Å²) in [6.07, 6.45) is 5.18. The highest BCUT2D eigenvalue weighted by molar-refractivity contribution is 5.95. The first-order chi connectivity index (χ1) is 15.3. The standard InChI is InChI=1S/C24H23N3O4/c28-24(26-18-8-10-19(11-9-18)31-20-5-2-12-25-14-20)21-6-3-13-27(21)15-17-4-1-7-22-23(17)30-16-29-22/h1-2,4-5,7-12,14,21H,3,6,13,15-16H2,(H,26,28). The van der Waals surface area contributed by atoms with Gasteiger partial charge in [-0.2, -0.15) is 0 Å². The fourth-order valence-electron chi connectivity index (χ4n) is 4.02. The van der Waals surface area contributed by atoms with Crippen LogP contribution in [0.1, 0.15) is 18.4 Å². The van der Waals surface area contributed by atoms with E-state index in [2.05, 4.69) is 15.2 Å². The number of ether oxygens (including phenoxy) is 3. The predicted octanol–water partition coefficient (Wildman–Crippen LogP) is 4.21. The molecule has 0 spiro atoms. The van der Waals surface area contributed by atoms with Crippen LogP contribution < -0.4 is 19.5 Å². The number of nitrogens with one attached hydrogen (secondary N) is 1. The minimum atomic E-state index is -0.176. The molecule has 31 heavy (non-hydrogen) atoms. The highest BCUT2D eigenvalue weighted by atomic mass is 16.7. The highest BCUT2D eigenvalue weighted by Crippen LogP contribution is 2.37. The van der Waals surface area contributed by atoms with Gasteiger partial charge >= 0.3 is 0 Å². The van der Waals surface area contributed by atoms with E-state index in [1.807, 2.05) is 54.6 Å². The molecule has 1 unspecified atom stereocenters. The molecular weight excluding hydrogens is 394 g/mol. The fraction of sp³-hybridized carbons (Fsp3) is 0.250. The van der Waals surface area contributed by atoms with Crippen LogP contribution in [0.15, 0.2) is 67.0 Å². The van der Waals surface area contributed by atoms with Gasteiger partial charge in [-0.25, -0.2) is 0 Å². The molecule has 7 heteroatoms. The van der Waals surface area contributed by atoms with E-state index in [9.17, 15) is 4.79 Å². The van der Waals surface area contributed by atoms with E-state index in [-0.39, 0.29) is 18.7 Å². The van der Waals surface area contributed by atoms with Crippen LogP contribution in [0.25, 0.3) is 0 Å². The number of rotatable bonds is 6. The van der Waals surface area contributed by atoms with Crippen LogP contribution in [0.3, 0.4) is 0 Å². The first-order valence-corrected chi connectivity index (χ1v) is 10.4. The lowest BCUT2D eigenvalue weighted by Gasteiger charge is -2.24. The molecule has 1 saturated heterocycles. The summed E-state index contributed by atoms with van der Waals surface area (Å²) in [5.74, 6) is 2.92. The number of carbonyl (C=O) groups excluding carboxylic acids is 1. The molecule has 0 bridgehead atoms. The summed E-state index contributed by atoms with van der Waals surface area (Å²) in [6.45, 7) is 1.78. The van der Waals surface area contributed by atoms with E-state index in [4.69, 9.17) is 14.2 Å². The summed E-state index contributed by atoms with van der Waals surface area (Å²) in [4.78, 5) is 19.2. The minimum Gasteiger partial charge on any atom is -0.456 e. The smallest absolute Gasteiger partial charge is 0.241 e. The zero-order valence-electron chi connectivity index (χ0n) is 17.0. The van der Waals surface area contributed by atoms with Crippen LogP contribution in [0.4, 0.5) is 5.69 Å². The van der Waals surface area contributed by atoms with E-state index in [0.29, 0.717) is 18.0 Å². The number of fused-ring (bicyclic) bond motifs is 1. The summed E-state index contributed by atoms with van der Waals surface area (Å²) in [5, 5.41) is 3.04. The monoisotopic (exact) mass is 417 g/mol. The van der Waals surface area contributed by atoms with Gasteiger partial charge in [0.15, 0.2) is 11.5 Å². The molecule has 1 aromatic heterocycles. The third-order valence-electron chi connectivity index (χ3n) is 5.51. The second-order valence-electron chi connectivity index (χ2n) is 7.58. The summed E-state index contributed by atoms with van der Waals surface area (Å²) < 4.78 is 16.8. The number of para-hydroxylation sites is 1. The number of likely N-dealkylation sites (tertiary alicyclic amines) is 1. The molecule has 0 aliphatic carbocycles. The van der Waals surface area contributed by atoms with E-state index in [1.54, 1.807) is 12.4 Å². The lowest BCUT2D eigenvalue weighted by atomic mass is 10.1. The number of nitrogens with zero attached hydrogens (tertiary/aromatic N) is 2. The molecule has 158 valence electrons. The van der Waals surface area contributed by atoms with Gasteiger partial charge in [0.05, 0.1) is 12.2 Å². The van der Waals surface area contributed by atoms with Crippen LogP contribution in [-0.2, 0) is 11.3 Å². The molecule has 1 amide bonds. The Morgan fingerprint density at radius 1 is 1.10 bits per heavy atom. The lowest BCUT2D eigenvalue weighted by Crippen LogP contribution is -2.39. The van der Waals surface area contributed by atoms with Crippen LogP contribution >= 0.6 is 0 Å². The van der Waals surface area contributed by atoms with E-state index in [0.717, 1.165) is 42.1 Å². The molecule has 0 radical (unpaired) electrons. The average molecular weight is 417 g/mol. The van der Waals surface area contributed by atoms with E-state index >= 15 is 0 Å². The quantitative estimate of drug-likeness (QED) is 0.648. The summed E-state index contributed by atoms with van der Waals surface area (Å²) >= 11 is 0. The van der Waals surface area contributed by atoms with Crippen molar-refractivity contribution in [3.05, 3.63) is 72.6 Å². The van der Waals surface area contributed by atoms with Gasteiger partial charge in [0.2, 0.25) is 12.7 Å². The average Bonchev–Trinajstić information content (AvgIpc) is 3.46. The van der Waals surface area contributed by atoms with Gasteiger partial charge in [0, 0.05) is 24.0 Å². The SMILES string of the molecule is O=C(Nc1ccc(Oc2cccnc2)cc1)C1CCCN1Cc1cccc2c1OCO2. The topological polar surface area (TPSA) is 72.9 Å². The zero-order valence-corrected chi connectivity index (χ0v) is 17.0. The molecule has 1 fully saturated rings. The lowest BCUT2D eigenvalue weighted by molar-refractivity contribution is -0.120. The second kappa shape index (κ2) is 8.65. The second-order valence-corrected chi connectivity index (χ2v) is 7.58. The Kier molecular flexibility index (Phi) is 5.41. The Balaban J connectivity index is 1.22. The van der Waals surface area contributed by atoms with Gasteiger partial charge in [0.25, 0.3) is 0 Å².